The minimum absolute atomic E-state index is 0.127. The largest absolute Gasteiger partial charge is 0.444 e. The number of carbonyl (C=O) groups excluding carboxylic acids is 3. The van der Waals surface area contributed by atoms with Crippen LogP contribution in [-0.2, 0) is 20.7 Å². The van der Waals surface area contributed by atoms with Crippen molar-refractivity contribution in [2.75, 3.05) is 19.6 Å². The summed E-state index contributed by atoms with van der Waals surface area (Å²) in [7, 11) is 0. The van der Waals surface area contributed by atoms with Crippen LogP contribution in [0, 0.1) is 17.5 Å². The Hall–Kier alpha value is -2.99. The lowest BCUT2D eigenvalue weighted by Crippen LogP contribution is -2.45. The van der Waals surface area contributed by atoms with Crippen molar-refractivity contribution in [1.29, 1.82) is 0 Å². The van der Waals surface area contributed by atoms with Gasteiger partial charge in [0, 0.05) is 38.5 Å². The van der Waals surface area contributed by atoms with Crippen LogP contribution < -0.4 is 10.6 Å². The van der Waals surface area contributed by atoms with E-state index in [-0.39, 0.29) is 37.8 Å². The van der Waals surface area contributed by atoms with E-state index in [0.29, 0.717) is 31.6 Å². The van der Waals surface area contributed by atoms with Crippen molar-refractivity contribution < 1.29 is 45.5 Å². The van der Waals surface area contributed by atoms with Crippen molar-refractivity contribution in [2.45, 2.75) is 64.8 Å². The van der Waals surface area contributed by atoms with Gasteiger partial charge in [0.1, 0.15) is 11.4 Å². The summed E-state index contributed by atoms with van der Waals surface area (Å²) >= 11 is 0. The Labute approximate surface area is 199 Å². The van der Waals surface area contributed by atoms with E-state index in [4.69, 9.17) is 4.74 Å². The van der Waals surface area contributed by atoms with Crippen LogP contribution in [-0.4, -0.2) is 60.3 Å². The van der Waals surface area contributed by atoms with Crippen LogP contribution in [0.5, 0.6) is 0 Å². The third-order valence-corrected chi connectivity index (χ3v) is 4.31. The van der Waals surface area contributed by atoms with Crippen LogP contribution in [0.25, 0.3) is 0 Å². The second kappa shape index (κ2) is 12.6. The van der Waals surface area contributed by atoms with Crippen molar-refractivity contribution >= 4 is 17.9 Å². The molecule has 0 aliphatic carbocycles. The van der Waals surface area contributed by atoms with Crippen molar-refractivity contribution in [3.8, 4) is 0 Å². The van der Waals surface area contributed by atoms with Gasteiger partial charge >= 0.3 is 12.3 Å². The number of halogens is 6. The highest BCUT2D eigenvalue weighted by atomic mass is 19.4. The number of alkyl carbamates (subject to hydrolysis) is 1. The molecule has 1 aliphatic rings. The Kier molecular flexibility index (Phi) is 10.8. The summed E-state index contributed by atoms with van der Waals surface area (Å²) in [4.78, 5) is 37.9. The summed E-state index contributed by atoms with van der Waals surface area (Å²) in [5.74, 6) is -4.30. The normalized spacial score (nSPS) is 15.3. The first kappa shape index (κ1) is 30.0. The van der Waals surface area contributed by atoms with E-state index in [2.05, 4.69) is 10.6 Å². The summed E-state index contributed by atoms with van der Waals surface area (Å²) in [6.45, 7) is 5.80. The summed E-state index contributed by atoms with van der Waals surface area (Å²) < 4.78 is 77.1. The fourth-order valence-corrected chi connectivity index (χ4v) is 2.99. The van der Waals surface area contributed by atoms with Crippen LogP contribution in [0.3, 0.4) is 0 Å². The van der Waals surface area contributed by atoms with Crippen molar-refractivity contribution in [3.63, 3.8) is 0 Å². The topological polar surface area (TPSA) is 87.7 Å². The molecule has 1 heterocycles. The molecule has 0 unspecified atom stereocenters. The lowest BCUT2D eigenvalue weighted by Gasteiger charge is -2.26. The standard InChI is InChI=1S/C20H26F3N3O4.C2H3F3/c1-20(2,3)30-19(29)25-13(7-12-8-15(22)16(23)10-14(12)21)9-18(28)26-6-4-5-24-17(27)11-26;1-2(3,4)5/h8,10,13H,4-7,9,11H2,1-3H3,(H,24,27)(H,25,29);1H3/t13-;/m1./s1. The quantitative estimate of drug-likeness (QED) is 0.463. The number of nitrogens with zero attached hydrogens (tertiary/aromatic N) is 1. The van der Waals surface area contributed by atoms with Gasteiger partial charge < -0.3 is 20.3 Å². The molecule has 1 aromatic rings. The van der Waals surface area contributed by atoms with E-state index >= 15 is 0 Å². The Bertz CT molecular complexity index is 896. The Morgan fingerprint density at radius 1 is 1.09 bits per heavy atom. The van der Waals surface area contributed by atoms with Gasteiger partial charge in [0.25, 0.3) is 0 Å². The second-order valence-electron chi connectivity index (χ2n) is 8.91. The highest BCUT2D eigenvalue weighted by Gasteiger charge is 2.27. The smallest absolute Gasteiger partial charge is 0.407 e. The van der Waals surface area contributed by atoms with Gasteiger partial charge in [0.05, 0.1) is 6.54 Å². The molecule has 1 aliphatic heterocycles. The molecule has 7 nitrogen and oxygen atoms in total. The molecule has 2 N–H and O–H groups in total. The molecule has 198 valence electrons. The highest BCUT2D eigenvalue weighted by Crippen LogP contribution is 2.18. The minimum Gasteiger partial charge on any atom is -0.444 e. The maximum absolute atomic E-state index is 14.1. The molecule has 0 radical (unpaired) electrons. The van der Waals surface area contributed by atoms with Crippen molar-refractivity contribution in [1.82, 2.24) is 15.5 Å². The zero-order valence-electron chi connectivity index (χ0n) is 19.8. The number of rotatable bonds is 5. The number of benzene rings is 1. The lowest BCUT2D eigenvalue weighted by molar-refractivity contribution is -0.135. The number of amides is 3. The number of hydrogen-bond donors (Lipinski definition) is 2. The van der Waals surface area contributed by atoms with Gasteiger partial charge in [-0.3, -0.25) is 9.59 Å². The third kappa shape index (κ3) is 12.9. The molecule has 0 aromatic heterocycles. The van der Waals surface area contributed by atoms with Crippen LogP contribution >= 0.6 is 0 Å². The van der Waals surface area contributed by atoms with Crippen LogP contribution in [0.2, 0.25) is 0 Å². The van der Waals surface area contributed by atoms with Gasteiger partial charge in [-0.25, -0.2) is 18.0 Å². The van der Waals surface area contributed by atoms with E-state index < -0.39 is 47.3 Å². The van der Waals surface area contributed by atoms with E-state index in [0.717, 1.165) is 0 Å². The number of nitrogens with one attached hydrogen (secondary N) is 2. The van der Waals surface area contributed by atoms with Crippen LogP contribution in [0.15, 0.2) is 12.1 Å². The number of alkyl halides is 3. The first-order valence-electron chi connectivity index (χ1n) is 10.7. The minimum atomic E-state index is -4.00. The van der Waals surface area contributed by atoms with E-state index in [1.54, 1.807) is 20.8 Å². The first-order chi connectivity index (χ1) is 15.9. The molecule has 35 heavy (non-hydrogen) atoms. The van der Waals surface area contributed by atoms with Gasteiger partial charge in [-0.15, -0.1) is 0 Å². The molecule has 0 spiro atoms. The molecule has 13 heteroatoms. The molecule has 0 saturated carbocycles. The maximum atomic E-state index is 14.1. The van der Waals surface area contributed by atoms with Gasteiger partial charge in [-0.2, -0.15) is 13.2 Å². The zero-order chi connectivity index (χ0) is 27.0. The second-order valence-corrected chi connectivity index (χ2v) is 8.91. The molecule has 3 amide bonds. The zero-order valence-corrected chi connectivity index (χ0v) is 19.8. The van der Waals surface area contributed by atoms with E-state index in [9.17, 15) is 40.7 Å². The monoisotopic (exact) mass is 513 g/mol. The SMILES string of the molecule is CC(C)(C)OC(=O)N[C@@H](CC(=O)N1CCCNC(=O)C1)Cc1cc(F)c(F)cc1F.CC(F)(F)F. The van der Waals surface area contributed by atoms with Gasteiger partial charge in [-0.05, 0) is 45.2 Å². The van der Waals surface area contributed by atoms with Crippen LogP contribution in [0.4, 0.5) is 31.1 Å². The average molecular weight is 513 g/mol. The molecule has 1 saturated heterocycles. The molecule has 1 atom stereocenters. The summed E-state index contributed by atoms with van der Waals surface area (Å²) in [5, 5.41) is 5.14. The summed E-state index contributed by atoms with van der Waals surface area (Å²) in [5.41, 5.74) is -1.01. The highest BCUT2D eigenvalue weighted by molar-refractivity contribution is 5.85. The van der Waals surface area contributed by atoms with E-state index in [1.165, 1.54) is 4.90 Å². The molecular formula is C22H29F6N3O4. The predicted molar refractivity (Wildman–Crippen MR) is 114 cm³/mol. The molecule has 2 rings (SSSR count). The molecule has 0 bridgehead atoms. The van der Waals surface area contributed by atoms with Gasteiger partial charge in [-0.1, -0.05) is 0 Å². The predicted octanol–water partition coefficient (Wildman–Crippen LogP) is 3.85. The Morgan fingerprint density at radius 2 is 1.66 bits per heavy atom. The number of hydrogen-bond acceptors (Lipinski definition) is 4. The van der Waals surface area contributed by atoms with Crippen LogP contribution in [0.1, 0.15) is 46.1 Å². The van der Waals surface area contributed by atoms with E-state index in [1.807, 2.05) is 0 Å². The maximum Gasteiger partial charge on any atom is 0.407 e. The molecule has 1 aromatic carbocycles. The Morgan fingerprint density at radius 3 is 2.23 bits per heavy atom. The van der Waals surface area contributed by atoms with Gasteiger partial charge in [0.15, 0.2) is 11.6 Å². The fraction of sp³-hybridized carbons (Fsp3) is 0.591. The third-order valence-electron chi connectivity index (χ3n) is 4.31. The first-order valence-corrected chi connectivity index (χ1v) is 10.7. The molecule has 1 fully saturated rings. The Balaban J connectivity index is 0.00000111. The summed E-state index contributed by atoms with van der Waals surface area (Å²) in [6, 6.07) is 0.145. The van der Waals surface area contributed by atoms with Gasteiger partial charge in [0.2, 0.25) is 11.8 Å². The van der Waals surface area contributed by atoms with Crippen molar-refractivity contribution in [3.05, 3.63) is 35.1 Å². The summed E-state index contributed by atoms with van der Waals surface area (Å²) in [6.07, 6.45) is -4.81. The number of carbonyl (C=O) groups is 3. The number of ether oxygens (including phenoxy) is 1. The lowest BCUT2D eigenvalue weighted by atomic mass is 10.0. The molecular weight excluding hydrogens is 484 g/mol. The average Bonchev–Trinajstić information content (AvgIpc) is 2.87. The fourth-order valence-electron chi connectivity index (χ4n) is 2.99. The van der Waals surface area contributed by atoms with Crippen molar-refractivity contribution in [2.24, 2.45) is 0 Å².